The van der Waals surface area contributed by atoms with Crippen molar-refractivity contribution in [1.82, 2.24) is 24.8 Å². The monoisotopic (exact) mass is 361 g/mol. The highest BCUT2D eigenvalue weighted by atomic mass is 16.2. The summed E-state index contributed by atoms with van der Waals surface area (Å²) in [7, 11) is 0. The van der Waals surface area contributed by atoms with Crippen molar-refractivity contribution in [2.75, 3.05) is 6.54 Å². The average Bonchev–Trinajstić information content (AvgIpc) is 3.14. The number of hydrogen-bond donors (Lipinski definition) is 1. The van der Waals surface area contributed by atoms with Crippen LogP contribution in [0.25, 0.3) is 0 Å². The van der Waals surface area contributed by atoms with Gasteiger partial charge >= 0.3 is 0 Å². The first-order valence-electron chi connectivity index (χ1n) is 8.78. The quantitative estimate of drug-likeness (QED) is 0.752. The highest BCUT2D eigenvalue weighted by molar-refractivity contribution is 5.94. The molecule has 0 unspecified atom stereocenters. The zero-order chi connectivity index (χ0) is 18.6. The smallest absolute Gasteiger partial charge is 0.290 e. The number of carbonyl (C=O) groups excluding carboxylic acids is 2. The van der Waals surface area contributed by atoms with Gasteiger partial charge in [0.2, 0.25) is 0 Å². The number of carbonyl (C=O) groups is 2. The van der Waals surface area contributed by atoms with Crippen LogP contribution in [-0.2, 0) is 19.6 Å². The van der Waals surface area contributed by atoms with E-state index in [1.54, 1.807) is 23.2 Å². The van der Waals surface area contributed by atoms with Crippen molar-refractivity contribution in [3.8, 4) is 0 Å². The first-order chi connectivity index (χ1) is 13.2. The van der Waals surface area contributed by atoms with Crippen LogP contribution in [-0.4, -0.2) is 37.8 Å². The van der Waals surface area contributed by atoms with E-state index in [0.717, 1.165) is 5.56 Å². The molecule has 136 valence electrons. The van der Waals surface area contributed by atoms with Crippen molar-refractivity contribution in [3.05, 3.63) is 83.7 Å². The SMILES string of the molecule is O=C(NCc1cn2c(n1)C(=O)N(Cc1ccccc1)CC2)c1cccnc1. The van der Waals surface area contributed by atoms with Crippen molar-refractivity contribution in [2.45, 2.75) is 19.6 Å². The first kappa shape index (κ1) is 17.0. The van der Waals surface area contributed by atoms with Crippen LogP contribution in [0, 0.1) is 0 Å². The summed E-state index contributed by atoms with van der Waals surface area (Å²) < 4.78 is 1.86. The molecule has 1 N–H and O–H groups in total. The molecule has 0 bridgehead atoms. The molecule has 0 aliphatic carbocycles. The van der Waals surface area contributed by atoms with Crippen LogP contribution in [0.3, 0.4) is 0 Å². The predicted molar refractivity (Wildman–Crippen MR) is 98.8 cm³/mol. The van der Waals surface area contributed by atoms with E-state index < -0.39 is 0 Å². The van der Waals surface area contributed by atoms with Gasteiger partial charge in [0.05, 0.1) is 17.8 Å². The predicted octanol–water partition coefficient (Wildman–Crippen LogP) is 1.86. The maximum absolute atomic E-state index is 12.7. The minimum Gasteiger partial charge on any atom is -0.346 e. The van der Waals surface area contributed by atoms with Crippen LogP contribution in [0.5, 0.6) is 0 Å². The molecule has 1 aromatic carbocycles. The van der Waals surface area contributed by atoms with Gasteiger partial charge in [-0.3, -0.25) is 14.6 Å². The average molecular weight is 361 g/mol. The van der Waals surface area contributed by atoms with Gasteiger partial charge in [-0.05, 0) is 17.7 Å². The number of hydrogen-bond acceptors (Lipinski definition) is 4. The van der Waals surface area contributed by atoms with Gasteiger partial charge in [0, 0.05) is 38.2 Å². The van der Waals surface area contributed by atoms with E-state index in [0.29, 0.717) is 36.7 Å². The Labute approximate surface area is 156 Å². The molecule has 3 aromatic rings. The zero-order valence-electron chi connectivity index (χ0n) is 14.7. The van der Waals surface area contributed by atoms with Crippen LogP contribution < -0.4 is 5.32 Å². The van der Waals surface area contributed by atoms with Gasteiger partial charge in [-0.2, -0.15) is 0 Å². The van der Waals surface area contributed by atoms with Gasteiger partial charge in [-0.1, -0.05) is 30.3 Å². The van der Waals surface area contributed by atoms with E-state index in [1.165, 1.54) is 6.20 Å². The number of amides is 2. The zero-order valence-corrected chi connectivity index (χ0v) is 14.7. The molecule has 3 heterocycles. The first-order valence-corrected chi connectivity index (χ1v) is 8.78. The lowest BCUT2D eigenvalue weighted by atomic mass is 10.2. The molecule has 2 amide bonds. The summed E-state index contributed by atoms with van der Waals surface area (Å²) in [5.74, 6) is 0.115. The standard InChI is InChI=1S/C20H19N5O2/c26-19(16-7-4-8-21-11-16)22-12-17-14-24-9-10-25(20(27)18(24)23-17)13-15-5-2-1-3-6-15/h1-8,11,14H,9-10,12-13H2,(H,22,26). The van der Waals surface area contributed by atoms with E-state index in [9.17, 15) is 9.59 Å². The lowest BCUT2D eigenvalue weighted by Gasteiger charge is -2.27. The van der Waals surface area contributed by atoms with E-state index in [1.807, 2.05) is 41.1 Å². The van der Waals surface area contributed by atoms with Gasteiger partial charge in [0.25, 0.3) is 11.8 Å². The minimum atomic E-state index is -0.217. The highest BCUT2D eigenvalue weighted by Gasteiger charge is 2.26. The number of nitrogens with one attached hydrogen (secondary N) is 1. The summed E-state index contributed by atoms with van der Waals surface area (Å²) in [6.45, 7) is 2.16. The maximum atomic E-state index is 12.7. The number of benzene rings is 1. The van der Waals surface area contributed by atoms with Gasteiger partial charge in [-0.15, -0.1) is 0 Å². The Hall–Kier alpha value is -3.48. The second-order valence-corrected chi connectivity index (χ2v) is 6.39. The molecule has 0 atom stereocenters. The van der Waals surface area contributed by atoms with Crippen molar-refractivity contribution >= 4 is 11.8 Å². The van der Waals surface area contributed by atoms with Gasteiger partial charge < -0.3 is 14.8 Å². The number of rotatable bonds is 5. The summed E-state index contributed by atoms with van der Waals surface area (Å²) in [6, 6.07) is 13.3. The van der Waals surface area contributed by atoms with Crippen LogP contribution in [0.15, 0.2) is 61.1 Å². The molecule has 0 saturated carbocycles. The molecule has 0 fully saturated rings. The summed E-state index contributed by atoms with van der Waals surface area (Å²) in [5, 5.41) is 2.81. The Kier molecular flexibility index (Phi) is 4.65. The van der Waals surface area contributed by atoms with Gasteiger partial charge in [0.1, 0.15) is 0 Å². The molecule has 7 heteroatoms. The molecule has 1 aliphatic heterocycles. The van der Waals surface area contributed by atoms with Crippen molar-refractivity contribution in [1.29, 1.82) is 0 Å². The molecule has 0 saturated heterocycles. The molecule has 7 nitrogen and oxygen atoms in total. The van der Waals surface area contributed by atoms with Crippen molar-refractivity contribution in [3.63, 3.8) is 0 Å². The summed E-state index contributed by atoms with van der Waals surface area (Å²) in [5.41, 5.74) is 2.25. The number of pyridine rings is 1. The Morgan fingerprint density at radius 1 is 1.11 bits per heavy atom. The molecule has 0 spiro atoms. The fraction of sp³-hybridized carbons (Fsp3) is 0.200. The fourth-order valence-corrected chi connectivity index (χ4v) is 3.09. The molecule has 1 aliphatic rings. The van der Waals surface area contributed by atoms with E-state index in [-0.39, 0.29) is 18.4 Å². The Morgan fingerprint density at radius 2 is 1.96 bits per heavy atom. The molecular weight excluding hydrogens is 342 g/mol. The Balaban J connectivity index is 1.42. The van der Waals surface area contributed by atoms with Crippen LogP contribution in [0.1, 0.15) is 32.2 Å². The van der Waals surface area contributed by atoms with E-state index in [4.69, 9.17) is 0 Å². The van der Waals surface area contributed by atoms with Crippen molar-refractivity contribution in [2.24, 2.45) is 0 Å². The number of aromatic nitrogens is 3. The molecule has 0 radical (unpaired) electrons. The Morgan fingerprint density at radius 3 is 2.74 bits per heavy atom. The second-order valence-electron chi connectivity index (χ2n) is 6.39. The maximum Gasteiger partial charge on any atom is 0.290 e. The van der Waals surface area contributed by atoms with E-state index in [2.05, 4.69) is 15.3 Å². The lowest BCUT2D eigenvalue weighted by Crippen LogP contribution is -2.39. The van der Waals surface area contributed by atoms with Crippen LogP contribution in [0.4, 0.5) is 0 Å². The molecule has 2 aromatic heterocycles. The third-order valence-electron chi connectivity index (χ3n) is 4.49. The van der Waals surface area contributed by atoms with Gasteiger partial charge in [-0.25, -0.2) is 4.98 Å². The summed E-state index contributed by atoms with van der Waals surface area (Å²) >= 11 is 0. The number of fused-ring (bicyclic) bond motifs is 1. The molecule has 4 rings (SSSR count). The topological polar surface area (TPSA) is 80.1 Å². The highest BCUT2D eigenvalue weighted by Crippen LogP contribution is 2.16. The number of imidazole rings is 1. The number of nitrogens with zero attached hydrogens (tertiary/aromatic N) is 4. The lowest BCUT2D eigenvalue weighted by molar-refractivity contribution is 0.0683. The largest absolute Gasteiger partial charge is 0.346 e. The van der Waals surface area contributed by atoms with Crippen molar-refractivity contribution < 1.29 is 9.59 Å². The molecular formula is C20H19N5O2. The Bertz CT molecular complexity index is 953. The third-order valence-corrected chi connectivity index (χ3v) is 4.49. The van der Waals surface area contributed by atoms with Crippen LogP contribution >= 0.6 is 0 Å². The second kappa shape index (κ2) is 7.41. The third kappa shape index (κ3) is 3.72. The van der Waals surface area contributed by atoms with Crippen LogP contribution in [0.2, 0.25) is 0 Å². The summed E-state index contributed by atoms with van der Waals surface area (Å²) in [6.07, 6.45) is 4.96. The molecule has 27 heavy (non-hydrogen) atoms. The fourth-order valence-electron chi connectivity index (χ4n) is 3.09. The van der Waals surface area contributed by atoms with Gasteiger partial charge in [0.15, 0.2) is 5.82 Å². The van der Waals surface area contributed by atoms with E-state index >= 15 is 0 Å². The minimum absolute atomic E-state index is 0.0880. The normalized spacial score (nSPS) is 13.3. The summed E-state index contributed by atoms with van der Waals surface area (Å²) in [4.78, 5) is 35.0.